The first-order valence-corrected chi connectivity index (χ1v) is 12.7. The number of rotatable bonds is 8. The number of thioether (sulfide) groups is 1. The summed E-state index contributed by atoms with van der Waals surface area (Å²) in [5.74, 6) is 1.23. The average Bonchev–Trinajstić information content (AvgIpc) is 3.39. The van der Waals surface area contributed by atoms with E-state index in [0.717, 1.165) is 27.8 Å². The molecule has 2 heterocycles. The molecule has 0 radical (unpaired) electrons. The van der Waals surface area contributed by atoms with Crippen LogP contribution in [-0.2, 0) is 12.3 Å². The number of ether oxygens (including phenoxy) is 1. The van der Waals surface area contributed by atoms with Gasteiger partial charge in [0.15, 0.2) is 5.16 Å². The SMILES string of the molecule is [C-]#[N+]c1c(-c2cccc(OC)c2)nc(SCc2cccc(NCc3ccc4nsnc4c3)c2)[nH]c1=O. The third kappa shape index (κ3) is 5.22. The maximum atomic E-state index is 12.6. The van der Waals surface area contributed by atoms with E-state index in [-0.39, 0.29) is 5.69 Å². The lowest BCUT2D eigenvalue weighted by Crippen LogP contribution is -2.09. The summed E-state index contributed by atoms with van der Waals surface area (Å²) >= 11 is 2.62. The second-order valence-corrected chi connectivity index (χ2v) is 9.33. The molecular formula is C26H20N6O2S2. The zero-order chi connectivity index (χ0) is 24.9. The number of benzene rings is 3. The summed E-state index contributed by atoms with van der Waals surface area (Å²) in [5.41, 5.74) is 5.52. The first-order valence-electron chi connectivity index (χ1n) is 11.0. The number of anilines is 1. The van der Waals surface area contributed by atoms with Gasteiger partial charge < -0.3 is 15.0 Å². The van der Waals surface area contributed by atoms with Gasteiger partial charge >= 0.3 is 0 Å². The average molecular weight is 513 g/mol. The maximum Gasteiger partial charge on any atom is 0.276 e. The van der Waals surface area contributed by atoms with Gasteiger partial charge in [0.2, 0.25) is 0 Å². The van der Waals surface area contributed by atoms with E-state index in [4.69, 9.17) is 11.3 Å². The summed E-state index contributed by atoms with van der Waals surface area (Å²) in [6.45, 7) is 8.12. The zero-order valence-electron chi connectivity index (χ0n) is 19.2. The zero-order valence-corrected chi connectivity index (χ0v) is 20.8. The van der Waals surface area contributed by atoms with Crippen LogP contribution >= 0.6 is 23.5 Å². The molecular weight excluding hydrogens is 492 g/mol. The lowest BCUT2D eigenvalue weighted by Gasteiger charge is -2.10. The predicted octanol–water partition coefficient (Wildman–Crippen LogP) is 5.91. The Balaban J connectivity index is 1.30. The van der Waals surface area contributed by atoms with Gasteiger partial charge in [-0.15, -0.1) is 0 Å². The van der Waals surface area contributed by atoms with Gasteiger partial charge in [-0.1, -0.05) is 42.1 Å². The van der Waals surface area contributed by atoms with Crippen molar-refractivity contribution < 1.29 is 4.74 Å². The van der Waals surface area contributed by atoms with Crippen molar-refractivity contribution in [1.82, 2.24) is 18.7 Å². The molecule has 10 heteroatoms. The molecule has 2 aromatic heterocycles. The number of fused-ring (bicyclic) bond motifs is 1. The van der Waals surface area contributed by atoms with Gasteiger partial charge in [0.25, 0.3) is 11.2 Å². The largest absolute Gasteiger partial charge is 0.497 e. The summed E-state index contributed by atoms with van der Waals surface area (Å²) in [5, 5.41) is 3.90. The van der Waals surface area contributed by atoms with Crippen LogP contribution in [0.1, 0.15) is 11.1 Å². The van der Waals surface area contributed by atoms with Gasteiger partial charge in [-0.25, -0.2) is 9.83 Å². The third-order valence-electron chi connectivity index (χ3n) is 5.45. The van der Waals surface area contributed by atoms with Crippen molar-refractivity contribution in [2.45, 2.75) is 17.5 Å². The molecule has 0 fully saturated rings. The number of H-pyrrole nitrogens is 1. The molecule has 3 aromatic carbocycles. The van der Waals surface area contributed by atoms with Gasteiger partial charge in [0, 0.05) is 18.0 Å². The van der Waals surface area contributed by atoms with Crippen molar-refractivity contribution in [3.63, 3.8) is 0 Å². The first kappa shape index (κ1) is 23.5. The van der Waals surface area contributed by atoms with Crippen LogP contribution in [0.3, 0.4) is 0 Å². The standard InChI is InChI=1S/C26H20N6O2S2/c1-27-24-23(18-6-4-8-20(13-18)34-2)29-26(30-25(24)33)35-15-17-5-3-7-19(11-17)28-14-16-9-10-21-22(12-16)32-36-31-21/h3-13,28H,14-15H2,2H3,(H,29,30,33). The monoisotopic (exact) mass is 512 g/mol. The quantitative estimate of drug-likeness (QED) is 0.152. The Morgan fingerprint density at radius 3 is 2.78 bits per heavy atom. The number of hydrogen-bond acceptors (Lipinski definition) is 8. The van der Waals surface area contributed by atoms with E-state index < -0.39 is 5.56 Å². The molecule has 178 valence electrons. The minimum Gasteiger partial charge on any atom is -0.497 e. The maximum absolute atomic E-state index is 12.6. The van der Waals surface area contributed by atoms with Crippen LogP contribution in [0.4, 0.5) is 11.4 Å². The van der Waals surface area contributed by atoms with E-state index in [2.05, 4.69) is 34.9 Å². The topological polar surface area (TPSA) is 97.1 Å². The van der Waals surface area contributed by atoms with Crippen LogP contribution in [0.2, 0.25) is 0 Å². The molecule has 0 amide bonds. The Kier molecular flexibility index (Phi) is 6.93. The van der Waals surface area contributed by atoms with Gasteiger partial charge in [0.05, 0.1) is 31.1 Å². The summed E-state index contributed by atoms with van der Waals surface area (Å²) in [6, 6.07) is 21.4. The Hall–Kier alpha value is -4.20. The lowest BCUT2D eigenvalue weighted by molar-refractivity contribution is 0.415. The van der Waals surface area contributed by atoms with Crippen LogP contribution in [0.25, 0.3) is 27.1 Å². The smallest absolute Gasteiger partial charge is 0.276 e. The number of aromatic nitrogens is 4. The highest BCUT2D eigenvalue weighted by molar-refractivity contribution is 7.98. The molecule has 0 bridgehead atoms. The number of methoxy groups -OCH3 is 1. The highest BCUT2D eigenvalue weighted by Gasteiger charge is 2.15. The van der Waals surface area contributed by atoms with Crippen LogP contribution in [0.15, 0.2) is 76.7 Å². The van der Waals surface area contributed by atoms with Gasteiger partial charge in [-0.05, 0) is 53.1 Å². The second kappa shape index (κ2) is 10.6. The van der Waals surface area contributed by atoms with Crippen LogP contribution < -0.4 is 15.6 Å². The van der Waals surface area contributed by atoms with E-state index in [1.54, 1.807) is 19.2 Å². The van der Waals surface area contributed by atoms with Crippen LogP contribution in [-0.4, -0.2) is 25.8 Å². The number of nitrogens with one attached hydrogen (secondary N) is 2. The fraction of sp³-hybridized carbons (Fsp3) is 0.115. The van der Waals surface area contributed by atoms with Crippen LogP contribution in [0.5, 0.6) is 5.75 Å². The van der Waals surface area contributed by atoms with Crippen molar-refractivity contribution >= 4 is 45.9 Å². The fourth-order valence-corrected chi connectivity index (χ4v) is 4.98. The normalized spacial score (nSPS) is 10.8. The molecule has 8 nitrogen and oxygen atoms in total. The van der Waals surface area contributed by atoms with Gasteiger partial charge in [-0.2, -0.15) is 8.75 Å². The highest BCUT2D eigenvalue weighted by atomic mass is 32.2. The number of nitrogens with zero attached hydrogens (tertiary/aromatic N) is 4. The van der Waals surface area contributed by atoms with Crippen molar-refractivity contribution in [2.75, 3.05) is 12.4 Å². The Bertz CT molecular complexity index is 1640. The molecule has 36 heavy (non-hydrogen) atoms. The van der Waals surface area contributed by atoms with E-state index in [1.165, 1.54) is 23.5 Å². The minimum atomic E-state index is -0.456. The molecule has 2 N–H and O–H groups in total. The molecule has 0 saturated heterocycles. The van der Waals surface area contributed by atoms with Gasteiger partial charge in [-0.3, -0.25) is 4.79 Å². The molecule has 0 aliphatic carbocycles. The summed E-state index contributed by atoms with van der Waals surface area (Å²) in [6.07, 6.45) is 0. The molecule has 0 unspecified atom stereocenters. The van der Waals surface area contributed by atoms with Crippen molar-refractivity contribution in [1.29, 1.82) is 0 Å². The Labute approximate surface area is 215 Å². The fourth-order valence-electron chi connectivity index (χ4n) is 3.65. The van der Waals surface area contributed by atoms with Crippen molar-refractivity contribution in [2.24, 2.45) is 0 Å². The number of hydrogen-bond donors (Lipinski definition) is 2. The highest BCUT2D eigenvalue weighted by Crippen LogP contribution is 2.30. The van der Waals surface area contributed by atoms with E-state index in [0.29, 0.717) is 34.5 Å². The molecule has 0 aliphatic rings. The molecule has 0 spiro atoms. The molecule has 5 aromatic rings. The second-order valence-electron chi connectivity index (χ2n) is 7.84. The lowest BCUT2D eigenvalue weighted by atomic mass is 10.1. The molecule has 0 saturated carbocycles. The minimum absolute atomic E-state index is 0.0366. The van der Waals surface area contributed by atoms with Gasteiger partial charge in [0.1, 0.15) is 16.8 Å². The van der Waals surface area contributed by atoms with E-state index in [1.807, 2.05) is 48.5 Å². The third-order valence-corrected chi connectivity index (χ3v) is 6.95. The molecule has 5 rings (SSSR count). The van der Waals surface area contributed by atoms with Crippen LogP contribution in [0, 0.1) is 6.57 Å². The first-order chi connectivity index (χ1) is 17.6. The predicted molar refractivity (Wildman–Crippen MR) is 144 cm³/mol. The summed E-state index contributed by atoms with van der Waals surface area (Å²) < 4.78 is 13.8. The van der Waals surface area contributed by atoms with Crippen molar-refractivity contribution in [3.05, 3.63) is 99.6 Å². The van der Waals surface area contributed by atoms with Crippen molar-refractivity contribution in [3.8, 4) is 17.0 Å². The molecule has 0 atom stereocenters. The Morgan fingerprint density at radius 2 is 1.92 bits per heavy atom. The van der Waals surface area contributed by atoms with E-state index >= 15 is 0 Å². The Morgan fingerprint density at radius 1 is 1.06 bits per heavy atom. The summed E-state index contributed by atoms with van der Waals surface area (Å²) in [7, 11) is 1.57. The summed E-state index contributed by atoms with van der Waals surface area (Å²) in [4.78, 5) is 23.3. The molecule has 0 aliphatic heterocycles. The van der Waals surface area contributed by atoms with E-state index in [9.17, 15) is 4.79 Å². The number of aromatic amines is 1.